The van der Waals surface area contributed by atoms with E-state index in [1.165, 1.54) is 12.1 Å². The van der Waals surface area contributed by atoms with Crippen molar-refractivity contribution >= 4 is 23.0 Å². The van der Waals surface area contributed by atoms with Crippen LogP contribution in [0, 0.1) is 0 Å². The van der Waals surface area contributed by atoms with Crippen LogP contribution in [0.15, 0.2) is 73.2 Å². The number of hydrogen-bond acceptors (Lipinski definition) is 6. The molecule has 2 aromatic heterocycles. The van der Waals surface area contributed by atoms with Gasteiger partial charge in [-0.15, -0.1) is 0 Å². The standard InChI is InChI=1S/C25H28N6/c1-18(27-24-11-4-5-14-26-24)31-21-10-7-15-30(17-21)23-13-12-22(28-25(23)31)19-8-6-9-20(16-19)29(2)3/h4-6,8-9,11-14,16,21H,1,7,10,15,17H2,2-3H3,(H,26,27)/t21-/m1/s1. The first-order valence-electron chi connectivity index (χ1n) is 10.8. The monoisotopic (exact) mass is 412 g/mol. The average molecular weight is 413 g/mol. The van der Waals surface area contributed by atoms with E-state index in [1.807, 2.05) is 18.2 Å². The van der Waals surface area contributed by atoms with Crippen LogP contribution in [-0.2, 0) is 0 Å². The molecule has 5 rings (SSSR count). The predicted octanol–water partition coefficient (Wildman–Crippen LogP) is 4.58. The molecule has 6 heteroatoms. The van der Waals surface area contributed by atoms with Crippen molar-refractivity contribution in [3.05, 3.63) is 73.2 Å². The number of nitrogens with zero attached hydrogens (tertiary/aromatic N) is 5. The Morgan fingerprint density at radius 3 is 2.84 bits per heavy atom. The quantitative estimate of drug-likeness (QED) is 0.662. The number of aromatic nitrogens is 2. The maximum atomic E-state index is 5.16. The second-order valence-electron chi connectivity index (χ2n) is 8.38. The summed E-state index contributed by atoms with van der Waals surface area (Å²) in [6.45, 7) is 6.44. The Balaban J connectivity index is 1.55. The first kappa shape index (κ1) is 19.4. The van der Waals surface area contributed by atoms with Crippen molar-refractivity contribution in [2.24, 2.45) is 0 Å². The summed E-state index contributed by atoms with van der Waals surface area (Å²) in [5.74, 6) is 2.58. The predicted molar refractivity (Wildman–Crippen MR) is 129 cm³/mol. The van der Waals surface area contributed by atoms with Crippen molar-refractivity contribution < 1.29 is 0 Å². The minimum absolute atomic E-state index is 0.348. The molecule has 1 atom stereocenters. The molecule has 0 aliphatic carbocycles. The van der Waals surface area contributed by atoms with Gasteiger partial charge in [0.2, 0.25) is 0 Å². The molecule has 1 fully saturated rings. The van der Waals surface area contributed by atoms with E-state index < -0.39 is 0 Å². The van der Waals surface area contributed by atoms with Crippen LogP contribution < -0.4 is 20.0 Å². The second-order valence-corrected chi connectivity index (χ2v) is 8.38. The Kier molecular flexibility index (Phi) is 4.98. The Morgan fingerprint density at radius 1 is 1.13 bits per heavy atom. The highest BCUT2D eigenvalue weighted by Crippen LogP contribution is 2.41. The van der Waals surface area contributed by atoms with Gasteiger partial charge in [-0.1, -0.05) is 24.8 Å². The van der Waals surface area contributed by atoms with Crippen molar-refractivity contribution in [2.75, 3.05) is 47.2 Å². The molecule has 2 aliphatic rings. The molecule has 0 unspecified atom stereocenters. The lowest BCUT2D eigenvalue weighted by Gasteiger charge is -2.47. The zero-order valence-electron chi connectivity index (χ0n) is 18.1. The number of rotatable bonds is 5. The van der Waals surface area contributed by atoms with Gasteiger partial charge >= 0.3 is 0 Å². The van der Waals surface area contributed by atoms with Gasteiger partial charge in [0.15, 0.2) is 5.82 Å². The minimum Gasteiger partial charge on any atom is -0.378 e. The second kappa shape index (κ2) is 7.95. The van der Waals surface area contributed by atoms with Crippen molar-refractivity contribution in [1.82, 2.24) is 9.97 Å². The third kappa shape index (κ3) is 3.69. The molecule has 0 spiro atoms. The van der Waals surface area contributed by atoms with E-state index in [4.69, 9.17) is 4.98 Å². The zero-order chi connectivity index (χ0) is 21.4. The van der Waals surface area contributed by atoms with Crippen LogP contribution in [0.3, 0.4) is 0 Å². The highest BCUT2D eigenvalue weighted by molar-refractivity contribution is 5.78. The molecule has 4 heterocycles. The third-order valence-electron chi connectivity index (χ3n) is 6.07. The summed E-state index contributed by atoms with van der Waals surface area (Å²) in [5.41, 5.74) is 4.42. The van der Waals surface area contributed by atoms with Crippen LogP contribution in [0.4, 0.5) is 23.0 Å². The van der Waals surface area contributed by atoms with Gasteiger partial charge in [0, 0.05) is 44.6 Å². The SMILES string of the molecule is C=C(Nc1ccccn1)N1c2nc(-c3cccc(N(C)C)c3)ccc2N2CCC[C@@H]1C2. The van der Waals surface area contributed by atoms with E-state index in [2.05, 4.69) is 82.1 Å². The summed E-state index contributed by atoms with van der Waals surface area (Å²) in [6.07, 6.45) is 4.08. The molecule has 31 heavy (non-hydrogen) atoms. The molecule has 158 valence electrons. The number of piperidine rings is 1. The van der Waals surface area contributed by atoms with E-state index in [0.717, 1.165) is 53.9 Å². The summed E-state index contributed by atoms with van der Waals surface area (Å²) < 4.78 is 0. The molecular formula is C25H28N6. The highest BCUT2D eigenvalue weighted by Gasteiger charge is 2.36. The van der Waals surface area contributed by atoms with E-state index in [-0.39, 0.29) is 0 Å². The fourth-order valence-electron chi connectivity index (χ4n) is 4.52. The van der Waals surface area contributed by atoms with Crippen molar-refractivity contribution in [1.29, 1.82) is 0 Å². The summed E-state index contributed by atoms with van der Waals surface area (Å²) in [5, 5.41) is 3.39. The van der Waals surface area contributed by atoms with Crippen LogP contribution >= 0.6 is 0 Å². The molecule has 0 amide bonds. The van der Waals surface area contributed by atoms with Gasteiger partial charge < -0.3 is 20.0 Å². The molecule has 2 bridgehead atoms. The largest absolute Gasteiger partial charge is 0.378 e. The number of benzene rings is 1. The summed E-state index contributed by atoms with van der Waals surface area (Å²) in [7, 11) is 4.12. The van der Waals surface area contributed by atoms with Crippen molar-refractivity contribution in [2.45, 2.75) is 18.9 Å². The maximum absolute atomic E-state index is 5.16. The maximum Gasteiger partial charge on any atom is 0.158 e. The van der Waals surface area contributed by atoms with Gasteiger partial charge in [-0.3, -0.25) is 0 Å². The molecule has 6 nitrogen and oxygen atoms in total. The molecule has 0 saturated carbocycles. The normalized spacial score (nSPS) is 17.2. The molecule has 2 aliphatic heterocycles. The minimum atomic E-state index is 0.348. The molecule has 0 radical (unpaired) electrons. The first-order valence-corrected chi connectivity index (χ1v) is 10.8. The van der Waals surface area contributed by atoms with E-state index in [9.17, 15) is 0 Å². The molecule has 3 aromatic rings. The van der Waals surface area contributed by atoms with Gasteiger partial charge in [0.25, 0.3) is 0 Å². The van der Waals surface area contributed by atoms with Crippen LogP contribution in [-0.4, -0.2) is 43.2 Å². The van der Waals surface area contributed by atoms with Crippen molar-refractivity contribution in [3.8, 4) is 11.3 Å². The van der Waals surface area contributed by atoms with Gasteiger partial charge in [-0.05, 0) is 49.2 Å². The highest BCUT2D eigenvalue weighted by atomic mass is 15.4. The van der Waals surface area contributed by atoms with Gasteiger partial charge in [-0.25, -0.2) is 9.97 Å². The summed E-state index contributed by atoms with van der Waals surface area (Å²) in [4.78, 5) is 16.4. The van der Waals surface area contributed by atoms with Gasteiger partial charge in [0.1, 0.15) is 11.6 Å². The topological polar surface area (TPSA) is 47.5 Å². The Bertz CT molecular complexity index is 1090. The molecule has 1 N–H and O–H groups in total. The van der Waals surface area contributed by atoms with E-state index in [0.29, 0.717) is 6.04 Å². The molecular weight excluding hydrogens is 384 g/mol. The number of anilines is 4. The molecule has 1 aromatic carbocycles. The van der Waals surface area contributed by atoms with E-state index >= 15 is 0 Å². The number of fused-ring (bicyclic) bond motifs is 4. The van der Waals surface area contributed by atoms with Crippen LogP contribution in [0.2, 0.25) is 0 Å². The Labute approximate surface area is 183 Å². The number of nitrogens with one attached hydrogen (secondary N) is 1. The van der Waals surface area contributed by atoms with Gasteiger partial charge in [0.05, 0.1) is 17.4 Å². The third-order valence-corrected chi connectivity index (χ3v) is 6.07. The fourth-order valence-corrected chi connectivity index (χ4v) is 4.52. The van der Waals surface area contributed by atoms with Crippen LogP contribution in [0.5, 0.6) is 0 Å². The average Bonchev–Trinajstić information content (AvgIpc) is 2.80. The van der Waals surface area contributed by atoms with Crippen LogP contribution in [0.1, 0.15) is 12.8 Å². The number of hydrogen-bond donors (Lipinski definition) is 1. The summed E-state index contributed by atoms with van der Waals surface area (Å²) in [6, 6.07) is 19.0. The lowest BCUT2D eigenvalue weighted by atomic mass is 9.99. The van der Waals surface area contributed by atoms with Gasteiger partial charge in [-0.2, -0.15) is 0 Å². The smallest absolute Gasteiger partial charge is 0.158 e. The lowest BCUT2D eigenvalue weighted by Crippen LogP contribution is -2.53. The summed E-state index contributed by atoms with van der Waals surface area (Å²) >= 11 is 0. The Morgan fingerprint density at radius 2 is 2.03 bits per heavy atom. The lowest BCUT2D eigenvalue weighted by molar-refractivity contribution is 0.472. The Hall–Kier alpha value is -3.54. The van der Waals surface area contributed by atoms with E-state index in [1.54, 1.807) is 6.20 Å². The fraction of sp³-hybridized carbons (Fsp3) is 0.280. The number of pyridine rings is 2. The molecule has 1 saturated heterocycles. The van der Waals surface area contributed by atoms with Crippen LogP contribution in [0.25, 0.3) is 11.3 Å². The first-order chi connectivity index (χ1) is 15.1. The van der Waals surface area contributed by atoms with Crippen molar-refractivity contribution in [3.63, 3.8) is 0 Å². The zero-order valence-corrected chi connectivity index (χ0v) is 18.1.